The van der Waals surface area contributed by atoms with Crippen LogP contribution in [0.3, 0.4) is 0 Å². The van der Waals surface area contributed by atoms with Crippen LogP contribution in [0.5, 0.6) is 11.5 Å². The molecule has 0 bridgehead atoms. The van der Waals surface area contributed by atoms with E-state index in [0.29, 0.717) is 11.5 Å². The van der Waals surface area contributed by atoms with Crippen molar-refractivity contribution in [2.45, 2.75) is 12.8 Å². The number of halogens is 3. The van der Waals surface area contributed by atoms with E-state index in [1.54, 1.807) is 28.9 Å². The molecule has 0 atom stereocenters. The van der Waals surface area contributed by atoms with Gasteiger partial charge in [-0.2, -0.15) is 0 Å². The molecule has 1 aliphatic rings. The number of nitrogens with zero attached hydrogens (tertiary/aromatic N) is 3. The van der Waals surface area contributed by atoms with Crippen LogP contribution in [-0.2, 0) is 4.79 Å². The molecule has 212 valence electrons. The fourth-order valence-electron chi connectivity index (χ4n) is 4.27. The lowest BCUT2D eigenvalue weighted by molar-refractivity contribution is -0.117. The van der Waals surface area contributed by atoms with E-state index in [1.807, 2.05) is 0 Å². The van der Waals surface area contributed by atoms with Gasteiger partial charge in [0.25, 0.3) is 11.5 Å². The Balaban J connectivity index is 1.18. The number of rotatable bonds is 7. The van der Waals surface area contributed by atoms with Crippen molar-refractivity contribution < 1.29 is 27.5 Å². The predicted octanol–water partition coefficient (Wildman–Crippen LogP) is 4.88. The SMILES string of the molecule is Nc1ccc(C(=O)Nc2ccc(Oc3ccc4nc(NC(=O)C5CC5)cn4c3)c(F)c2)c(=O)n1-c1ccc(F)c(F)c1. The normalized spacial score (nSPS) is 12.7. The van der Waals surface area contributed by atoms with Crippen LogP contribution in [0.25, 0.3) is 11.3 Å². The summed E-state index contributed by atoms with van der Waals surface area (Å²) in [5.41, 5.74) is 5.11. The van der Waals surface area contributed by atoms with E-state index in [-0.39, 0.29) is 46.1 Å². The molecule has 2 amide bonds. The molecule has 0 radical (unpaired) electrons. The molecule has 0 unspecified atom stereocenters. The van der Waals surface area contributed by atoms with Crippen molar-refractivity contribution in [2.24, 2.45) is 5.92 Å². The number of pyridine rings is 2. The van der Waals surface area contributed by atoms with Crippen LogP contribution in [0.2, 0.25) is 0 Å². The Morgan fingerprint density at radius 2 is 1.71 bits per heavy atom. The van der Waals surface area contributed by atoms with E-state index in [0.717, 1.165) is 41.7 Å². The summed E-state index contributed by atoms with van der Waals surface area (Å²) in [7, 11) is 0. The summed E-state index contributed by atoms with van der Waals surface area (Å²) in [6, 6.07) is 12.1. The Labute approximate surface area is 235 Å². The van der Waals surface area contributed by atoms with Crippen LogP contribution in [0.1, 0.15) is 23.2 Å². The fourth-order valence-corrected chi connectivity index (χ4v) is 4.27. The molecule has 1 fully saturated rings. The van der Waals surface area contributed by atoms with Crippen LogP contribution in [0, 0.1) is 23.4 Å². The minimum atomic E-state index is -1.20. The minimum Gasteiger partial charge on any atom is -0.453 e. The number of carbonyl (C=O) groups excluding carboxylic acids is 2. The van der Waals surface area contributed by atoms with Gasteiger partial charge in [0, 0.05) is 23.7 Å². The molecule has 42 heavy (non-hydrogen) atoms. The summed E-state index contributed by atoms with van der Waals surface area (Å²) in [5, 5.41) is 5.20. The molecule has 1 aliphatic carbocycles. The maximum absolute atomic E-state index is 14.9. The van der Waals surface area contributed by atoms with Crippen LogP contribution in [0.15, 0.2) is 77.9 Å². The zero-order valence-electron chi connectivity index (χ0n) is 21.6. The number of amides is 2. The minimum absolute atomic E-state index is 0.0292. The third-order valence-electron chi connectivity index (χ3n) is 6.56. The molecule has 0 saturated heterocycles. The number of imidazole rings is 1. The largest absolute Gasteiger partial charge is 0.453 e. The first-order chi connectivity index (χ1) is 20.2. The Morgan fingerprint density at radius 1 is 0.905 bits per heavy atom. The third kappa shape index (κ3) is 5.27. The van der Waals surface area contributed by atoms with Crippen LogP contribution >= 0.6 is 0 Å². The molecular formula is C29H21F3N6O4. The smallest absolute Gasteiger partial charge is 0.269 e. The first kappa shape index (κ1) is 26.6. The van der Waals surface area contributed by atoms with Gasteiger partial charge < -0.3 is 25.5 Å². The molecule has 5 aromatic rings. The van der Waals surface area contributed by atoms with Crippen molar-refractivity contribution in [1.82, 2.24) is 14.0 Å². The topological polar surface area (TPSA) is 133 Å². The maximum atomic E-state index is 14.9. The summed E-state index contributed by atoms with van der Waals surface area (Å²) in [5.74, 6) is -3.59. The van der Waals surface area contributed by atoms with E-state index in [9.17, 15) is 27.6 Å². The summed E-state index contributed by atoms with van der Waals surface area (Å²) < 4.78 is 50.2. The number of nitrogen functional groups attached to an aromatic ring is 1. The van der Waals surface area contributed by atoms with Gasteiger partial charge in [0.05, 0.1) is 18.1 Å². The average molecular weight is 575 g/mol. The number of hydrogen-bond acceptors (Lipinski definition) is 6. The fraction of sp³-hybridized carbons (Fsp3) is 0.103. The lowest BCUT2D eigenvalue weighted by atomic mass is 10.2. The number of nitrogens with one attached hydrogen (secondary N) is 2. The van der Waals surface area contributed by atoms with Gasteiger partial charge in [0.2, 0.25) is 5.91 Å². The molecule has 4 N–H and O–H groups in total. The van der Waals surface area contributed by atoms with Gasteiger partial charge in [-0.1, -0.05) is 0 Å². The van der Waals surface area contributed by atoms with Gasteiger partial charge in [0.1, 0.15) is 22.8 Å². The molecule has 10 nitrogen and oxygen atoms in total. The second kappa shape index (κ2) is 10.4. The number of hydrogen-bond donors (Lipinski definition) is 3. The maximum Gasteiger partial charge on any atom is 0.269 e. The van der Waals surface area contributed by atoms with Crippen molar-refractivity contribution in [2.75, 3.05) is 16.4 Å². The van der Waals surface area contributed by atoms with Crippen molar-refractivity contribution >= 4 is 34.8 Å². The molecule has 1 saturated carbocycles. The average Bonchev–Trinajstić information content (AvgIpc) is 3.73. The first-order valence-electron chi connectivity index (χ1n) is 12.7. The van der Waals surface area contributed by atoms with E-state index < -0.39 is 28.9 Å². The quantitative estimate of drug-likeness (QED) is 0.254. The van der Waals surface area contributed by atoms with Crippen LogP contribution in [0.4, 0.5) is 30.5 Å². The number of fused-ring (bicyclic) bond motifs is 1. The Kier molecular flexibility index (Phi) is 6.61. The van der Waals surface area contributed by atoms with Crippen molar-refractivity contribution in [3.8, 4) is 17.2 Å². The van der Waals surface area contributed by atoms with E-state index >= 15 is 0 Å². The highest BCUT2D eigenvalue weighted by Crippen LogP contribution is 2.31. The molecule has 3 heterocycles. The zero-order chi connectivity index (χ0) is 29.5. The number of carbonyl (C=O) groups is 2. The summed E-state index contributed by atoms with van der Waals surface area (Å²) >= 11 is 0. The lowest BCUT2D eigenvalue weighted by Gasteiger charge is -2.13. The lowest BCUT2D eigenvalue weighted by Crippen LogP contribution is -2.29. The number of nitrogens with two attached hydrogens (primary N) is 1. The molecule has 0 aliphatic heterocycles. The highest BCUT2D eigenvalue weighted by molar-refractivity contribution is 6.04. The number of ether oxygens (including phenoxy) is 1. The van der Waals surface area contributed by atoms with Gasteiger partial charge in [-0.05, 0) is 61.4 Å². The van der Waals surface area contributed by atoms with Crippen LogP contribution in [-0.4, -0.2) is 25.8 Å². The molecule has 6 rings (SSSR count). The monoisotopic (exact) mass is 574 g/mol. The second-order valence-electron chi connectivity index (χ2n) is 9.63. The van der Waals surface area contributed by atoms with Crippen LogP contribution < -0.4 is 26.7 Å². The van der Waals surface area contributed by atoms with Gasteiger partial charge >= 0.3 is 0 Å². The third-order valence-corrected chi connectivity index (χ3v) is 6.56. The van der Waals surface area contributed by atoms with Gasteiger partial charge in [-0.15, -0.1) is 0 Å². The zero-order valence-corrected chi connectivity index (χ0v) is 21.6. The van der Waals surface area contributed by atoms with Crippen molar-refractivity contribution in [3.05, 3.63) is 106 Å². The summed E-state index contributed by atoms with van der Waals surface area (Å²) in [4.78, 5) is 42.2. The molecule has 2 aromatic carbocycles. The van der Waals surface area contributed by atoms with Gasteiger partial charge in [0.15, 0.2) is 29.0 Å². The Morgan fingerprint density at radius 3 is 2.45 bits per heavy atom. The molecule has 3 aromatic heterocycles. The number of benzene rings is 2. The van der Waals surface area contributed by atoms with Crippen molar-refractivity contribution in [3.63, 3.8) is 0 Å². The second-order valence-corrected chi connectivity index (χ2v) is 9.63. The standard InChI is InChI=1S/C29H21F3N6O4/c30-20-7-4-17(12-21(20)31)38-24(33)9-6-19(29(38)41)28(40)34-16-3-8-23(22(32)11-16)42-18-5-10-26-35-25(14-37(26)13-18)36-27(39)15-1-2-15/h3-15H,1-2,33H2,(H,34,40)(H,36,39). The van der Waals surface area contributed by atoms with Gasteiger partial charge in [-0.25, -0.2) is 18.2 Å². The molecular weight excluding hydrogens is 553 g/mol. The Hall–Kier alpha value is -5.59. The predicted molar refractivity (Wildman–Crippen MR) is 147 cm³/mol. The summed E-state index contributed by atoms with van der Waals surface area (Å²) in [6.07, 6.45) is 4.93. The van der Waals surface area contributed by atoms with E-state index in [1.165, 1.54) is 24.3 Å². The summed E-state index contributed by atoms with van der Waals surface area (Å²) in [6.45, 7) is 0. The molecule has 13 heteroatoms. The number of anilines is 3. The first-order valence-corrected chi connectivity index (χ1v) is 12.7. The Bertz CT molecular complexity index is 1950. The van der Waals surface area contributed by atoms with Gasteiger partial charge in [-0.3, -0.25) is 19.0 Å². The van der Waals surface area contributed by atoms with E-state index in [4.69, 9.17) is 10.5 Å². The van der Waals surface area contributed by atoms with E-state index in [2.05, 4.69) is 15.6 Å². The number of aromatic nitrogens is 3. The molecule has 0 spiro atoms. The van der Waals surface area contributed by atoms with Crippen molar-refractivity contribution in [1.29, 1.82) is 0 Å². The highest BCUT2D eigenvalue weighted by Gasteiger charge is 2.30. The highest BCUT2D eigenvalue weighted by atomic mass is 19.2.